The number of hydrogen-bond acceptors (Lipinski definition) is 2. The van der Waals surface area contributed by atoms with Gasteiger partial charge < -0.3 is 10.2 Å². The predicted molar refractivity (Wildman–Crippen MR) is 60.5 cm³/mol. The largest absolute Gasteiger partial charge is 0.389 e. The molecule has 0 bridgehead atoms. The summed E-state index contributed by atoms with van der Waals surface area (Å²) in [5.74, 6) is 0. The second-order valence-electron chi connectivity index (χ2n) is 4.40. The third-order valence-electron chi connectivity index (χ3n) is 2.56. The van der Waals surface area contributed by atoms with Crippen LogP contribution in [0.2, 0.25) is 0 Å². The second-order valence-corrected chi connectivity index (χ2v) is 4.40. The normalized spacial score (nSPS) is 12.8. The smallest absolute Gasteiger partial charge is 0.317 e. The van der Waals surface area contributed by atoms with Crippen LogP contribution >= 0.6 is 0 Å². The van der Waals surface area contributed by atoms with Crippen molar-refractivity contribution in [1.82, 2.24) is 10.2 Å². The number of hydrogen-bond donors (Lipinski definition) is 1. The molecule has 2 nitrogen and oxygen atoms in total. The van der Waals surface area contributed by atoms with Gasteiger partial charge in [0.05, 0.1) is 0 Å². The lowest BCUT2D eigenvalue weighted by molar-refractivity contribution is -0.135. The van der Waals surface area contributed by atoms with Gasteiger partial charge >= 0.3 is 6.18 Å². The van der Waals surface area contributed by atoms with E-state index in [-0.39, 0.29) is 6.42 Å². The van der Waals surface area contributed by atoms with Gasteiger partial charge in [0.1, 0.15) is 0 Å². The Balaban J connectivity index is 3.22. The average Bonchev–Trinajstić information content (AvgIpc) is 2.14. The van der Waals surface area contributed by atoms with E-state index in [1.807, 2.05) is 7.05 Å². The molecule has 0 heterocycles. The molecule has 0 radical (unpaired) electrons. The van der Waals surface area contributed by atoms with Crippen LogP contribution in [0.4, 0.5) is 13.2 Å². The minimum absolute atomic E-state index is 0.170. The Morgan fingerprint density at radius 1 is 1.12 bits per heavy atom. The molecule has 0 unspecified atom stereocenters. The van der Waals surface area contributed by atoms with Crippen molar-refractivity contribution >= 4 is 0 Å². The zero-order chi connectivity index (χ0) is 12.6. The minimum Gasteiger partial charge on any atom is -0.317 e. The van der Waals surface area contributed by atoms with Crippen LogP contribution in [-0.2, 0) is 0 Å². The molecule has 0 aromatic carbocycles. The summed E-state index contributed by atoms with van der Waals surface area (Å²) in [6.45, 7) is 6.46. The van der Waals surface area contributed by atoms with Crippen molar-refractivity contribution in [1.29, 1.82) is 0 Å². The molecule has 0 aliphatic carbocycles. The van der Waals surface area contributed by atoms with Gasteiger partial charge in [0.2, 0.25) is 0 Å². The summed E-state index contributed by atoms with van der Waals surface area (Å²) in [5.41, 5.74) is 0. The Morgan fingerprint density at radius 2 is 1.69 bits per heavy atom. The van der Waals surface area contributed by atoms with Gasteiger partial charge in [0.25, 0.3) is 0 Å². The molecule has 0 rings (SSSR count). The van der Waals surface area contributed by atoms with E-state index in [0.29, 0.717) is 12.6 Å². The SMILES string of the molecule is CC(C)N(C)CCCNCCCC(F)(F)F. The number of nitrogens with one attached hydrogen (secondary N) is 1. The highest BCUT2D eigenvalue weighted by molar-refractivity contribution is 4.59. The molecule has 0 saturated heterocycles. The molecule has 0 aromatic heterocycles. The van der Waals surface area contributed by atoms with E-state index < -0.39 is 12.6 Å². The summed E-state index contributed by atoms with van der Waals surface area (Å²) in [5, 5.41) is 3.03. The van der Waals surface area contributed by atoms with Gasteiger partial charge in [0.15, 0.2) is 0 Å². The van der Waals surface area contributed by atoms with Crippen LogP contribution in [0, 0.1) is 0 Å². The van der Waals surface area contributed by atoms with Crippen LogP contribution in [0.5, 0.6) is 0 Å². The highest BCUT2D eigenvalue weighted by Crippen LogP contribution is 2.20. The van der Waals surface area contributed by atoms with Crippen LogP contribution in [0.3, 0.4) is 0 Å². The molecule has 0 amide bonds. The molecule has 0 spiro atoms. The van der Waals surface area contributed by atoms with E-state index in [1.54, 1.807) is 0 Å². The average molecular weight is 240 g/mol. The first-order valence-corrected chi connectivity index (χ1v) is 5.80. The van der Waals surface area contributed by atoms with Gasteiger partial charge in [0, 0.05) is 12.5 Å². The fourth-order valence-electron chi connectivity index (χ4n) is 1.25. The standard InChI is InChI=1S/C11H23F3N2/c1-10(2)16(3)9-5-8-15-7-4-6-11(12,13)14/h10,15H,4-9H2,1-3H3. The Labute approximate surface area is 96.2 Å². The van der Waals surface area contributed by atoms with Crippen molar-refractivity contribution in [2.75, 3.05) is 26.7 Å². The van der Waals surface area contributed by atoms with Crippen molar-refractivity contribution in [3.63, 3.8) is 0 Å². The Kier molecular flexibility index (Phi) is 7.76. The quantitative estimate of drug-likeness (QED) is 0.656. The van der Waals surface area contributed by atoms with E-state index in [4.69, 9.17) is 0 Å². The van der Waals surface area contributed by atoms with Crippen LogP contribution in [0.1, 0.15) is 33.1 Å². The highest BCUT2D eigenvalue weighted by Gasteiger charge is 2.25. The van der Waals surface area contributed by atoms with E-state index in [0.717, 1.165) is 19.5 Å². The Bertz CT molecular complexity index is 169. The van der Waals surface area contributed by atoms with E-state index in [2.05, 4.69) is 24.1 Å². The lowest BCUT2D eigenvalue weighted by Gasteiger charge is -2.20. The molecule has 0 atom stereocenters. The molecule has 5 heteroatoms. The monoisotopic (exact) mass is 240 g/mol. The van der Waals surface area contributed by atoms with Gasteiger partial charge in [-0.2, -0.15) is 13.2 Å². The van der Waals surface area contributed by atoms with E-state index in [9.17, 15) is 13.2 Å². The summed E-state index contributed by atoms with van der Waals surface area (Å²) in [4.78, 5) is 2.22. The first-order valence-electron chi connectivity index (χ1n) is 5.80. The van der Waals surface area contributed by atoms with Crippen LogP contribution in [0.15, 0.2) is 0 Å². The summed E-state index contributed by atoms with van der Waals surface area (Å²) in [7, 11) is 2.05. The molecule has 0 aliphatic heterocycles. The van der Waals surface area contributed by atoms with Gasteiger partial charge in [-0.3, -0.25) is 0 Å². The minimum atomic E-state index is -4.01. The summed E-state index contributed by atoms with van der Waals surface area (Å²) < 4.78 is 35.4. The van der Waals surface area contributed by atoms with Crippen LogP contribution in [-0.4, -0.2) is 43.8 Å². The molecule has 98 valence electrons. The first kappa shape index (κ1) is 15.7. The second kappa shape index (κ2) is 7.90. The van der Waals surface area contributed by atoms with Crippen molar-refractivity contribution in [2.45, 2.75) is 45.3 Å². The number of nitrogens with zero attached hydrogens (tertiary/aromatic N) is 1. The van der Waals surface area contributed by atoms with E-state index in [1.165, 1.54) is 0 Å². The van der Waals surface area contributed by atoms with E-state index >= 15 is 0 Å². The molecular formula is C11H23F3N2. The lowest BCUT2D eigenvalue weighted by atomic mass is 10.3. The number of rotatable bonds is 8. The highest BCUT2D eigenvalue weighted by atomic mass is 19.4. The summed E-state index contributed by atoms with van der Waals surface area (Å²) in [6.07, 6.45) is -3.56. The lowest BCUT2D eigenvalue weighted by Crippen LogP contribution is -2.29. The van der Waals surface area contributed by atoms with Crippen molar-refractivity contribution in [2.24, 2.45) is 0 Å². The van der Waals surface area contributed by atoms with Crippen molar-refractivity contribution in [3.8, 4) is 0 Å². The Hall–Kier alpha value is -0.290. The Morgan fingerprint density at radius 3 is 2.19 bits per heavy atom. The zero-order valence-electron chi connectivity index (χ0n) is 10.4. The molecule has 0 aromatic rings. The third kappa shape index (κ3) is 10.2. The first-order chi connectivity index (χ1) is 7.33. The maximum absolute atomic E-state index is 11.8. The van der Waals surface area contributed by atoms with Crippen molar-refractivity contribution < 1.29 is 13.2 Å². The van der Waals surface area contributed by atoms with Gasteiger partial charge in [-0.05, 0) is 53.4 Å². The molecular weight excluding hydrogens is 217 g/mol. The molecule has 0 aliphatic rings. The van der Waals surface area contributed by atoms with Gasteiger partial charge in [-0.15, -0.1) is 0 Å². The topological polar surface area (TPSA) is 15.3 Å². The molecule has 1 N–H and O–H groups in total. The molecule has 0 saturated carbocycles. The van der Waals surface area contributed by atoms with Crippen LogP contribution in [0.25, 0.3) is 0 Å². The fourth-order valence-corrected chi connectivity index (χ4v) is 1.25. The fraction of sp³-hybridized carbons (Fsp3) is 1.00. The predicted octanol–water partition coefficient (Wildman–Crippen LogP) is 2.65. The number of alkyl halides is 3. The van der Waals surface area contributed by atoms with Gasteiger partial charge in [-0.1, -0.05) is 0 Å². The zero-order valence-corrected chi connectivity index (χ0v) is 10.4. The van der Waals surface area contributed by atoms with Crippen molar-refractivity contribution in [3.05, 3.63) is 0 Å². The summed E-state index contributed by atoms with van der Waals surface area (Å²) >= 11 is 0. The number of halogens is 3. The molecule has 0 fully saturated rings. The van der Waals surface area contributed by atoms with Gasteiger partial charge in [-0.25, -0.2) is 0 Å². The summed E-state index contributed by atoms with van der Waals surface area (Å²) in [6, 6.07) is 0.519. The third-order valence-corrected chi connectivity index (χ3v) is 2.56. The maximum atomic E-state index is 11.8. The van der Waals surface area contributed by atoms with Crippen LogP contribution < -0.4 is 5.32 Å². The molecule has 16 heavy (non-hydrogen) atoms. The maximum Gasteiger partial charge on any atom is 0.389 e.